The number of carbonyl (C=O) groups excluding carboxylic acids is 1. The normalized spacial score (nSPS) is 26.4. The Balaban J connectivity index is 2.56. The maximum Gasteiger partial charge on any atom is 0.315 e. The van der Waals surface area contributed by atoms with Crippen LogP contribution in [0.4, 0.5) is 0 Å². The minimum Gasteiger partial charge on any atom is -0.481 e. The van der Waals surface area contributed by atoms with E-state index in [-0.39, 0.29) is 12.3 Å². The number of Topliss-reactive ketones (excluding diaryl/α,β-unsaturated/α-hetero) is 1. The van der Waals surface area contributed by atoms with Crippen molar-refractivity contribution in [2.24, 2.45) is 5.92 Å². The Morgan fingerprint density at radius 1 is 1.70 bits per heavy atom. The average Bonchev–Trinajstić information content (AvgIpc) is 1.88. The van der Waals surface area contributed by atoms with Crippen LogP contribution in [0.15, 0.2) is 0 Å². The molecule has 0 aromatic carbocycles. The van der Waals surface area contributed by atoms with E-state index in [2.05, 4.69) is 5.32 Å². The number of ketones is 1. The second-order valence-corrected chi connectivity index (χ2v) is 2.31. The van der Waals surface area contributed by atoms with Gasteiger partial charge in [0.05, 0.1) is 0 Å². The van der Waals surface area contributed by atoms with Gasteiger partial charge in [-0.2, -0.15) is 0 Å². The second-order valence-electron chi connectivity index (χ2n) is 2.31. The smallest absolute Gasteiger partial charge is 0.315 e. The highest BCUT2D eigenvalue weighted by molar-refractivity contribution is 5.99. The fourth-order valence-electron chi connectivity index (χ4n) is 0.971. The number of piperidine rings is 1. The van der Waals surface area contributed by atoms with Gasteiger partial charge in [-0.15, -0.1) is 0 Å². The van der Waals surface area contributed by atoms with E-state index in [0.29, 0.717) is 13.0 Å². The minimum absolute atomic E-state index is 0.161. The Hall–Kier alpha value is -0.900. The van der Waals surface area contributed by atoms with E-state index in [9.17, 15) is 9.59 Å². The molecule has 1 aliphatic heterocycles. The summed E-state index contributed by atoms with van der Waals surface area (Å²) in [6.07, 6.45) is 0.344. The molecule has 0 amide bonds. The lowest BCUT2D eigenvalue weighted by molar-refractivity contribution is -0.146. The van der Waals surface area contributed by atoms with E-state index in [4.69, 9.17) is 5.11 Å². The second kappa shape index (κ2) is 2.79. The molecule has 0 bridgehead atoms. The highest BCUT2D eigenvalue weighted by Gasteiger charge is 2.27. The zero-order valence-corrected chi connectivity index (χ0v) is 5.46. The number of hydrogen-bond donors (Lipinski definition) is 2. The molecule has 0 spiro atoms. The highest BCUT2D eigenvalue weighted by atomic mass is 16.4. The molecular weight excluding hydrogens is 134 g/mol. The molecule has 1 unspecified atom stereocenters. The predicted octanol–water partition coefficient (Wildman–Crippen LogP) is -0.750. The molecule has 10 heavy (non-hydrogen) atoms. The van der Waals surface area contributed by atoms with E-state index >= 15 is 0 Å². The maximum atomic E-state index is 10.8. The topological polar surface area (TPSA) is 66.4 Å². The summed E-state index contributed by atoms with van der Waals surface area (Å²) < 4.78 is 0. The van der Waals surface area contributed by atoms with Crippen molar-refractivity contribution in [3.63, 3.8) is 0 Å². The molecule has 1 fully saturated rings. The molecule has 1 aliphatic rings. The van der Waals surface area contributed by atoms with Crippen molar-refractivity contribution in [3.05, 3.63) is 0 Å². The van der Waals surface area contributed by atoms with Crippen molar-refractivity contribution in [2.45, 2.75) is 6.42 Å². The molecule has 4 heteroatoms. The van der Waals surface area contributed by atoms with Crippen molar-refractivity contribution in [3.8, 4) is 0 Å². The first-order chi connectivity index (χ1) is 4.72. The Morgan fingerprint density at radius 2 is 2.40 bits per heavy atom. The van der Waals surface area contributed by atoms with Crippen LogP contribution in [0.1, 0.15) is 6.42 Å². The van der Waals surface area contributed by atoms with Crippen LogP contribution in [0.5, 0.6) is 0 Å². The van der Waals surface area contributed by atoms with Crippen molar-refractivity contribution in [2.75, 3.05) is 13.1 Å². The van der Waals surface area contributed by atoms with Gasteiger partial charge in [0, 0.05) is 19.5 Å². The van der Waals surface area contributed by atoms with E-state index in [1.807, 2.05) is 0 Å². The van der Waals surface area contributed by atoms with Gasteiger partial charge in [0.1, 0.15) is 11.7 Å². The van der Waals surface area contributed by atoms with Gasteiger partial charge in [0.15, 0.2) is 0 Å². The first-order valence-electron chi connectivity index (χ1n) is 3.18. The first-order valence-corrected chi connectivity index (χ1v) is 3.18. The zero-order chi connectivity index (χ0) is 7.56. The third-order valence-corrected chi connectivity index (χ3v) is 1.58. The Morgan fingerprint density at radius 3 is 2.80 bits per heavy atom. The summed E-state index contributed by atoms with van der Waals surface area (Å²) in [5.41, 5.74) is 0. The third-order valence-electron chi connectivity index (χ3n) is 1.58. The largest absolute Gasteiger partial charge is 0.481 e. The molecule has 4 nitrogen and oxygen atoms in total. The quantitative estimate of drug-likeness (QED) is 0.474. The number of nitrogens with one attached hydrogen (secondary N) is 1. The highest BCUT2D eigenvalue weighted by Crippen LogP contribution is 2.04. The zero-order valence-electron chi connectivity index (χ0n) is 5.46. The summed E-state index contributed by atoms with van der Waals surface area (Å²) in [6.45, 7) is 0.900. The molecular formula is C6H9NO3. The molecule has 2 N–H and O–H groups in total. The first kappa shape index (κ1) is 7.21. The molecule has 1 saturated heterocycles. The molecule has 1 rings (SSSR count). The average molecular weight is 143 g/mol. The maximum absolute atomic E-state index is 10.8. The van der Waals surface area contributed by atoms with Crippen molar-refractivity contribution in [1.29, 1.82) is 0 Å². The minimum atomic E-state index is -1.02. The van der Waals surface area contributed by atoms with Crippen LogP contribution < -0.4 is 5.32 Å². The Bertz CT molecular complexity index is 166. The fourth-order valence-corrected chi connectivity index (χ4v) is 0.971. The Kier molecular flexibility index (Phi) is 2.01. The van der Waals surface area contributed by atoms with Crippen molar-refractivity contribution in [1.82, 2.24) is 5.32 Å². The van der Waals surface area contributed by atoms with Crippen LogP contribution in [0.25, 0.3) is 0 Å². The van der Waals surface area contributed by atoms with Crippen LogP contribution in [-0.4, -0.2) is 29.9 Å². The van der Waals surface area contributed by atoms with Crippen LogP contribution in [0.3, 0.4) is 0 Å². The summed E-state index contributed by atoms with van der Waals surface area (Å²) in [6, 6.07) is 0. The summed E-state index contributed by atoms with van der Waals surface area (Å²) >= 11 is 0. The molecule has 0 aromatic heterocycles. The molecule has 1 atom stereocenters. The predicted molar refractivity (Wildman–Crippen MR) is 33.6 cm³/mol. The summed E-state index contributed by atoms with van der Waals surface area (Å²) in [4.78, 5) is 21.1. The van der Waals surface area contributed by atoms with Crippen LogP contribution in [-0.2, 0) is 9.59 Å². The number of carbonyl (C=O) groups is 2. The van der Waals surface area contributed by atoms with E-state index < -0.39 is 11.9 Å². The van der Waals surface area contributed by atoms with Gasteiger partial charge < -0.3 is 10.4 Å². The number of hydrogen-bond acceptors (Lipinski definition) is 3. The summed E-state index contributed by atoms with van der Waals surface area (Å²) in [7, 11) is 0. The molecule has 1 heterocycles. The van der Waals surface area contributed by atoms with E-state index in [1.54, 1.807) is 0 Å². The lowest BCUT2D eigenvalue weighted by atomic mass is 9.99. The molecule has 56 valence electrons. The number of rotatable bonds is 1. The van der Waals surface area contributed by atoms with E-state index in [0.717, 1.165) is 0 Å². The lowest BCUT2D eigenvalue weighted by Crippen LogP contribution is -2.41. The fraction of sp³-hybridized carbons (Fsp3) is 0.667. The molecule has 0 saturated carbocycles. The standard InChI is InChI=1S/C6H9NO3/c8-5-1-2-7-3-4(5)6(9)10/h4,7H,1-3H2,(H,9,10). The van der Waals surface area contributed by atoms with E-state index in [1.165, 1.54) is 0 Å². The third kappa shape index (κ3) is 1.33. The van der Waals surface area contributed by atoms with Gasteiger partial charge in [-0.1, -0.05) is 0 Å². The van der Waals surface area contributed by atoms with Crippen molar-refractivity contribution >= 4 is 11.8 Å². The number of carboxylic acids is 1. The molecule has 0 radical (unpaired) electrons. The van der Waals surface area contributed by atoms with Gasteiger partial charge in [0.25, 0.3) is 0 Å². The van der Waals surface area contributed by atoms with Crippen molar-refractivity contribution < 1.29 is 14.7 Å². The Labute approximate surface area is 58.2 Å². The molecule has 0 aliphatic carbocycles. The molecule has 0 aromatic rings. The van der Waals surface area contributed by atoms with Gasteiger partial charge in [-0.05, 0) is 0 Å². The van der Waals surface area contributed by atoms with Crippen LogP contribution in [0.2, 0.25) is 0 Å². The van der Waals surface area contributed by atoms with Gasteiger partial charge in [0.2, 0.25) is 0 Å². The lowest BCUT2D eigenvalue weighted by Gasteiger charge is -2.17. The van der Waals surface area contributed by atoms with Gasteiger partial charge >= 0.3 is 5.97 Å². The van der Waals surface area contributed by atoms with Crippen LogP contribution in [0, 0.1) is 5.92 Å². The van der Waals surface area contributed by atoms with Gasteiger partial charge in [-0.25, -0.2) is 0 Å². The summed E-state index contributed by atoms with van der Waals surface area (Å²) in [5, 5.41) is 11.3. The van der Waals surface area contributed by atoms with Gasteiger partial charge in [-0.3, -0.25) is 9.59 Å². The van der Waals surface area contributed by atoms with Crippen LogP contribution >= 0.6 is 0 Å². The number of carboxylic acid groups (broad SMARTS) is 1. The number of aliphatic carboxylic acids is 1. The summed E-state index contributed by atoms with van der Waals surface area (Å²) in [5.74, 6) is -1.99. The monoisotopic (exact) mass is 143 g/mol. The SMILES string of the molecule is O=C(O)C1CNCCC1=O.